The molecule has 4 nitrogen and oxygen atoms in total. The van der Waals surface area contributed by atoms with E-state index in [2.05, 4.69) is 31.1 Å². The van der Waals surface area contributed by atoms with Crippen molar-refractivity contribution in [3.05, 3.63) is 28.2 Å². The van der Waals surface area contributed by atoms with E-state index in [-0.39, 0.29) is 5.95 Å². The summed E-state index contributed by atoms with van der Waals surface area (Å²) in [5, 5.41) is 6.58. The van der Waals surface area contributed by atoms with Crippen LogP contribution in [-0.2, 0) is 0 Å². The number of nitrogen functional groups attached to an aromatic ring is 1. The number of anilines is 1. The summed E-state index contributed by atoms with van der Waals surface area (Å²) in [4.78, 5) is 4.08. The number of benzene rings is 1. The van der Waals surface area contributed by atoms with Crippen molar-refractivity contribution in [1.29, 1.82) is 0 Å². The third-order valence-corrected chi connectivity index (χ3v) is 2.62. The predicted molar refractivity (Wildman–Crippen MR) is 58.7 cm³/mol. The normalized spacial score (nSPS) is 10.4. The average molecular weight is 253 g/mol. The van der Waals surface area contributed by atoms with Gasteiger partial charge in [-0.3, -0.25) is 5.10 Å². The smallest absolute Gasteiger partial charge is 0.239 e. The zero-order chi connectivity index (χ0) is 10.1. The van der Waals surface area contributed by atoms with Crippen LogP contribution in [0.4, 0.5) is 5.95 Å². The van der Waals surface area contributed by atoms with Gasteiger partial charge in [0.2, 0.25) is 5.95 Å². The first kappa shape index (κ1) is 9.21. The SMILES string of the molecule is Cc1cccc(Br)c1-c1nc(N)n[nH]1. The van der Waals surface area contributed by atoms with E-state index in [1.165, 1.54) is 0 Å². The Kier molecular flexibility index (Phi) is 2.25. The molecule has 5 heteroatoms. The number of nitrogens with two attached hydrogens (primary N) is 1. The van der Waals surface area contributed by atoms with Crippen molar-refractivity contribution in [3.8, 4) is 11.4 Å². The Morgan fingerprint density at radius 2 is 2.21 bits per heavy atom. The van der Waals surface area contributed by atoms with Crippen LogP contribution in [-0.4, -0.2) is 15.2 Å². The minimum atomic E-state index is 0.259. The van der Waals surface area contributed by atoms with Gasteiger partial charge in [0, 0.05) is 10.0 Å². The van der Waals surface area contributed by atoms with Crippen LogP contribution in [0.15, 0.2) is 22.7 Å². The molecule has 0 spiro atoms. The van der Waals surface area contributed by atoms with Crippen LogP contribution < -0.4 is 5.73 Å². The maximum absolute atomic E-state index is 5.45. The van der Waals surface area contributed by atoms with E-state index in [1.807, 2.05) is 25.1 Å². The predicted octanol–water partition coefficient (Wildman–Crippen LogP) is 2.12. The Balaban J connectivity index is 2.61. The van der Waals surface area contributed by atoms with Crippen LogP contribution in [0.5, 0.6) is 0 Å². The number of aromatic nitrogens is 3. The lowest BCUT2D eigenvalue weighted by atomic mass is 10.1. The molecule has 2 aromatic rings. The van der Waals surface area contributed by atoms with Gasteiger partial charge < -0.3 is 5.73 Å². The number of nitrogens with one attached hydrogen (secondary N) is 1. The molecule has 0 amide bonds. The second-order valence-corrected chi connectivity index (χ2v) is 3.83. The second kappa shape index (κ2) is 3.42. The quantitative estimate of drug-likeness (QED) is 0.817. The summed E-state index contributed by atoms with van der Waals surface area (Å²) in [6, 6.07) is 5.95. The topological polar surface area (TPSA) is 67.6 Å². The van der Waals surface area contributed by atoms with E-state index in [4.69, 9.17) is 5.73 Å². The zero-order valence-electron chi connectivity index (χ0n) is 7.58. The summed E-state index contributed by atoms with van der Waals surface area (Å²) >= 11 is 3.46. The van der Waals surface area contributed by atoms with E-state index in [0.29, 0.717) is 5.82 Å². The molecule has 1 aromatic heterocycles. The van der Waals surface area contributed by atoms with Gasteiger partial charge in [-0.15, -0.1) is 5.10 Å². The maximum atomic E-state index is 5.45. The Morgan fingerprint density at radius 1 is 1.43 bits per heavy atom. The lowest BCUT2D eigenvalue weighted by molar-refractivity contribution is 1.10. The van der Waals surface area contributed by atoms with Crippen molar-refractivity contribution >= 4 is 21.9 Å². The Hall–Kier alpha value is -1.36. The van der Waals surface area contributed by atoms with Crippen LogP contribution in [0.1, 0.15) is 5.56 Å². The minimum Gasteiger partial charge on any atom is -0.366 e. The lowest BCUT2D eigenvalue weighted by Crippen LogP contribution is -1.88. The highest BCUT2D eigenvalue weighted by Gasteiger charge is 2.09. The molecule has 2 rings (SSSR count). The number of aromatic amines is 1. The van der Waals surface area contributed by atoms with Crippen LogP contribution >= 0.6 is 15.9 Å². The fourth-order valence-electron chi connectivity index (χ4n) is 1.32. The van der Waals surface area contributed by atoms with Gasteiger partial charge in [0.25, 0.3) is 0 Å². The molecule has 0 unspecified atom stereocenters. The van der Waals surface area contributed by atoms with Crippen LogP contribution in [0.3, 0.4) is 0 Å². The summed E-state index contributed by atoms with van der Waals surface area (Å²) < 4.78 is 0.980. The van der Waals surface area contributed by atoms with Gasteiger partial charge in [-0.2, -0.15) is 4.98 Å². The molecule has 0 saturated carbocycles. The van der Waals surface area contributed by atoms with E-state index < -0.39 is 0 Å². The Morgan fingerprint density at radius 3 is 2.79 bits per heavy atom. The number of hydrogen-bond acceptors (Lipinski definition) is 3. The summed E-state index contributed by atoms with van der Waals surface area (Å²) in [5.41, 5.74) is 7.57. The van der Waals surface area contributed by atoms with Gasteiger partial charge in [0.15, 0.2) is 5.82 Å². The molecule has 0 atom stereocenters. The third kappa shape index (κ3) is 1.50. The van der Waals surface area contributed by atoms with Crippen molar-refractivity contribution in [2.75, 3.05) is 5.73 Å². The molecule has 0 aliphatic carbocycles. The fourth-order valence-corrected chi connectivity index (χ4v) is 1.97. The average Bonchev–Trinajstić information content (AvgIpc) is 2.51. The fraction of sp³-hybridized carbons (Fsp3) is 0.111. The van der Waals surface area contributed by atoms with Gasteiger partial charge in [0.05, 0.1) is 0 Å². The van der Waals surface area contributed by atoms with E-state index in [1.54, 1.807) is 0 Å². The van der Waals surface area contributed by atoms with Crippen molar-refractivity contribution in [2.24, 2.45) is 0 Å². The van der Waals surface area contributed by atoms with Crippen molar-refractivity contribution in [3.63, 3.8) is 0 Å². The maximum Gasteiger partial charge on any atom is 0.239 e. The van der Waals surface area contributed by atoms with Gasteiger partial charge in [-0.25, -0.2) is 0 Å². The van der Waals surface area contributed by atoms with Gasteiger partial charge in [-0.1, -0.05) is 28.1 Å². The lowest BCUT2D eigenvalue weighted by Gasteiger charge is -2.03. The number of hydrogen-bond donors (Lipinski definition) is 2. The van der Waals surface area contributed by atoms with Gasteiger partial charge in [-0.05, 0) is 18.6 Å². The van der Waals surface area contributed by atoms with Crippen molar-refractivity contribution in [2.45, 2.75) is 6.92 Å². The van der Waals surface area contributed by atoms with E-state index >= 15 is 0 Å². The summed E-state index contributed by atoms with van der Waals surface area (Å²) in [6.07, 6.45) is 0. The molecule has 0 fully saturated rings. The molecule has 0 bridgehead atoms. The van der Waals surface area contributed by atoms with E-state index in [9.17, 15) is 0 Å². The molecule has 1 heterocycles. The van der Waals surface area contributed by atoms with E-state index in [0.717, 1.165) is 15.6 Å². The molecule has 0 aliphatic rings. The number of H-pyrrole nitrogens is 1. The van der Waals surface area contributed by atoms with Crippen molar-refractivity contribution < 1.29 is 0 Å². The number of rotatable bonds is 1. The molecule has 3 N–H and O–H groups in total. The molecule has 1 aromatic carbocycles. The molecule has 72 valence electrons. The molecule has 0 aliphatic heterocycles. The standard InChI is InChI=1S/C9H9BrN4/c1-5-3-2-4-6(10)7(5)8-12-9(11)14-13-8/h2-4H,1H3,(H3,11,12,13,14). The third-order valence-electron chi connectivity index (χ3n) is 1.96. The largest absolute Gasteiger partial charge is 0.366 e. The number of nitrogens with zero attached hydrogens (tertiary/aromatic N) is 2. The van der Waals surface area contributed by atoms with Gasteiger partial charge in [0.1, 0.15) is 0 Å². The van der Waals surface area contributed by atoms with Crippen molar-refractivity contribution in [1.82, 2.24) is 15.2 Å². The summed E-state index contributed by atoms with van der Waals surface area (Å²) in [6.45, 7) is 2.01. The summed E-state index contributed by atoms with van der Waals surface area (Å²) in [5.74, 6) is 0.947. The van der Waals surface area contributed by atoms with Crippen LogP contribution in [0, 0.1) is 6.92 Å². The monoisotopic (exact) mass is 252 g/mol. The highest BCUT2D eigenvalue weighted by molar-refractivity contribution is 9.10. The van der Waals surface area contributed by atoms with Crippen LogP contribution in [0.25, 0.3) is 11.4 Å². The Labute approximate surface area is 89.7 Å². The molecule has 0 radical (unpaired) electrons. The minimum absolute atomic E-state index is 0.259. The first-order chi connectivity index (χ1) is 6.68. The van der Waals surface area contributed by atoms with Gasteiger partial charge >= 0.3 is 0 Å². The molecular formula is C9H9BrN4. The number of halogens is 1. The highest BCUT2D eigenvalue weighted by Crippen LogP contribution is 2.28. The Bertz CT molecular complexity index is 443. The number of aryl methyl sites for hydroxylation is 1. The highest BCUT2D eigenvalue weighted by atomic mass is 79.9. The molecule has 14 heavy (non-hydrogen) atoms. The summed E-state index contributed by atoms with van der Waals surface area (Å²) in [7, 11) is 0. The zero-order valence-corrected chi connectivity index (χ0v) is 9.17. The molecular weight excluding hydrogens is 244 g/mol. The first-order valence-electron chi connectivity index (χ1n) is 4.12. The second-order valence-electron chi connectivity index (χ2n) is 2.97. The molecule has 0 saturated heterocycles. The first-order valence-corrected chi connectivity index (χ1v) is 4.91. The van der Waals surface area contributed by atoms with Crippen LogP contribution in [0.2, 0.25) is 0 Å².